The van der Waals surface area contributed by atoms with Crippen molar-refractivity contribution in [2.24, 2.45) is 0 Å². The Hall–Kier alpha value is -0.970. The van der Waals surface area contributed by atoms with Crippen molar-refractivity contribution in [3.05, 3.63) is 23.8 Å². The molecule has 2 rings (SSSR count). The van der Waals surface area contributed by atoms with Crippen LogP contribution in [-0.2, 0) is 6.54 Å². The average molecular weight is 329 g/mol. The molecule has 1 aliphatic heterocycles. The molecule has 4 nitrogen and oxygen atoms in total. The Morgan fingerprint density at radius 2 is 2.14 bits per heavy atom. The molecule has 0 bridgehead atoms. The summed E-state index contributed by atoms with van der Waals surface area (Å²) in [5.41, 5.74) is 1.21. The van der Waals surface area contributed by atoms with Crippen molar-refractivity contribution in [2.45, 2.75) is 45.4 Å². The van der Waals surface area contributed by atoms with E-state index in [-0.39, 0.29) is 18.5 Å². The van der Waals surface area contributed by atoms with Crippen molar-refractivity contribution in [3.63, 3.8) is 0 Å². The van der Waals surface area contributed by atoms with E-state index in [1.54, 1.807) is 7.11 Å². The normalized spacial score (nSPS) is 18.9. The lowest BCUT2D eigenvalue weighted by Crippen LogP contribution is -2.43. The zero-order valence-corrected chi connectivity index (χ0v) is 14.9. The number of para-hydroxylation sites is 1. The van der Waals surface area contributed by atoms with E-state index in [9.17, 15) is 0 Å². The number of hydrogen-bond acceptors (Lipinski definition) is 4. The van der Waals surface area contributed by atoms with Crippen LogP contribution in [0.3, 0.4) is 0 Å². The molecule has 1 unspecified atom stereocenters. The van der Waals surface area contributed by atoms with Crippen LogP contribution < -0.4 is 14.8 Å². The Balaban J connectivity index is 0.00000242. The monoisotopic (exact) mass is 328 g/mol. The van der Waals surface area contributed by atoms with E-state index in [0.717, 1.165) is 31.1 Å². The standard InChI is InChI=1S/C17H28N2O2.ClH/c1-13(2)21-17-14(7-5-9-16(17)20-4)11-19-10-6-8-15(12-19)18-3;/h5,7,9,13,15,18H,6,8,10-12H2,1-4H3;1H. The van der Waals surface area contributed by atoms with Crippen LogP contribution in [0.15, 0.2) is 18.2 Å². The third kappa shape index (κ3) is 5.04. The first-order chi connectivity index (χ1) is 10.1. The summed E-state index contributed by atoms with van der Waals surface area (Å²) in [4.78, 5) is 2.49. The van der Waals surface area contributed by atoms with Gasteiger partial charge in [-0.25, -0.2) is 0 Å². The Morgan fingerprint density at radius 1 is 1.36 bits per heavy atom. The van der Waals surface area contributed by atoms with E-state index in [1.807, 2.05) is 33.0 Å². The lowest BCUT2D eigenvalue weighted by molar-refractivity contribution is 0.180. The number of methoxy groups -OCH3 is 1. The Morgan fingerprint density at radius 3 is 2.77 bits per heavy atom. The van der Waals surface area contributed by atoms with Gasteiger partial charge in [-0.05, 0) is 46.3 Å². The number of piperidine rings is 1. The first kappa shape index (κ1) is 19.1. The van der Waals surface area contributed by atoms with Crippen LogP contribution in [0.4, 0.5) is 0 Å². The van der Waals surface area contributed by atoms with Crippen molar-refractivity contribution < 1.29 is 9.47 Å². The van der Waals surface area contributed by atoms with E-state index in [4.69, 9.17) is 9.47 Å². The third-order valence-corrected chi connectivity index (χ3v) is 3.94. The molecule has 1 aromatic rings. The van der Waals surface area contributed by atoms with Gasteiger partial charge < -0.3 is 14.8 Å². The van der Waals surface area contributed by atoms with Crippen LogP contribution in [-0.4, -0.2) is 44.3 Å². The molecule has 0 aliphatic carbocycles. The third-order valence-electron chi connectivity index (χ3n) is 3.94. The second kappa shape index (κ2) is 9.23. The number of hydrogen-bond donors (Lipinski definition) is 1. The second-order valence-corrected chi connectivity index (χ2v) is 5.98. The molecule has 1 saturated heterocycles. The first-order valence-electron chi connectivity index (χ1n) is 7.86. The Labute approximate surface area is 140 Å². The average Bonchev–Trinajstić information content (AvgIpc) is 2.48. The number of rotatable bonds is 6. The molecule has 5 heteroatoms. The fraction of sp³-hybridized carbons (Fsp3) is 0.647. The van der Waals surface area contributed by atoms with E-state index in [0.29, 0.717) is 6.04 Å². The van der Waals surface area contributed by atoms with Crippen molar-refractivity contribution in [2.75, 3.05) is 27.2 Å². The molecule has 1 atom stereocenters. The summed E-state index contributed by atoms with van der Waals surface area (Å²) in [6, 6.07) is 6.75. The minimum atomic E-state index is 0. The quantitative estimate of drug-likeness (QED) is 0.870. The molecule has 0 spiro atoms. The van der Waals surface area contributed by atoms with Gasteiger partial charge in [-0.15, -0.1) is 12.4 Å². The maximum absolute atomic E-state index is 5.99. The van der Waals surface area contributed by atoms with E-state index in [2.05, 4.69) is 16.3 Å². The van der Waals surface area contributed by atoms with Crippen LogP contribution >= 0.6 is 12.4 Å². The number of nitrogens with one attached hydrogen (secondary N) is 1. The minimum absolute atomic E-state index is 0. The van der Waals surface area contributed by atoms with Gasteiger partial charge in [0.05, 0.1) is 13.2 Å². The van der Waals surface area contributed by atoms with Crippen molar-refractivity contribution in [3.8, 4) is 11.5 Å². The van der Waals surface area contributed by atoms with Gasteiger partial charge in [0.25, 0.3) is 0 Å². The van der Waals surface area contributed by atoms with Crippen molar-refractivity contribution in [1.82, 2.24) is 10.2 Å². The summed E-state index contributed by atoms with van der Waals surface area (Å²) in [6.07, 6.45) is 2.66. The number of likely N-dealkylation sites (tertiary alicyclic amines) is 1. The zero-order chi connectivity index (χ0) is 15.2. The first-order valence-corrected chi connectivity index (χ1v) is 7.86. The molecule has 0 aromatic heterocycles. The molecule has 1 fully saturated rings. The summed E-state index contributed by atoms with van der Waals surface area (Å²) >= 11 is 0. The van der Waals surface area contributed by atoms with Gasteiger partial charge in [0.15, 0.2) is 11.5 Å². The maximum Gasteiger partial charge on any atom is 0.166 e. The van der Waals surface area contributed by atoms with E-state index >= 15 is 0 Å². The molecular weight excluding hydrogens is 300 g/mol. The molecule has 0 amide bonds. The van der Waals surface area contributed by atoms with Crippen LogP contribution in [0, 0.1) is 0 Å². The molecule has 0 radical (unpaired) electrons. The minimum Gasteiger partial charge on any atom is -0.493 e. The molecule has 1 N–H and O–H groups in total. The summed E-state index contributed by atoms with van der Waals surface area (Å²) in [6.45, 7) is 7.26. The second-order valence-electron chi connectivity index (χ2n) is 5.98. The maximum atomic E-state index is 5.99. The molecule has 0 saturated carbocycles. The van der Waals surface area contributed by atoms with Gasteiger partial charge in [0, 0.05) is 24.7 Å². The molecule has 22 heavy (non-hydrogen) atoms. The van der Waals surface area contributed by atoms with Crippen molar-refractivity contribution >= 4 is 12.4 Å². The van der Waals surface area contributed by atoms with Gasteiger partial charge in [-0.3, -0.25) is 4.90 Å². The number of nitrogens with zero attached hydrogens (tertiary/aromatic N) is 1. The highest BCUT2D eigenvalue weighted by Gasteiger charge is 2.21. The molecular formula is C17H29ClN2O2. The fourth-order valence-corrected chi connectivity index (χ4v) is 2.89. The van der Waals surface area contributed by atoms with Gasteiger partial charge in [-0.1, -0.05) is 12.1 Å². The van der Waals surface area contributed by atoms with Crippen LogP contribution in [0.5, 0.6) is 11.5 Å². The zero-order valence-electron chi connectivity index (χ0n) is 14.1. The van der Waals surface area contributed by atoms with Crippen LogP contribution in [0.1, 0.15) is 32.3 Å². The largest absolute Gasteiger partial charge is 0.493 e. The van der Waals surface area contributed by atoms with E-state index < -0.39 is 0 Å². The number of ether oxygens (including phenoxy) is 2. The van der Waals surface area contributed by atoms with Crippen molar-refractivity contribution in [1.29, 1.82) is 0 Å². The van der Waals surface area contributed by atoms with Crippen LogP contribution in [0.25, 0.3) is 0 Å². The topological polar surface area (TPSA) is 33.7 Å². The fourth-order valence-electron chi connectivity index (χ4n) is 2.89. The molecule has 1 aliphatic rings. The SMILES string of the molecule is CNC1CCCN(Cc2cccc(OC)c2OC(C)C)C1.Cl. The lowest BCUT2D eigenvalue weighted by atomic mass is 10.0. The summed E-state index contributed by atoms with van der Waals surface area (Å²) in [5, 5.41) is 3.39. The van der Waals surface area contributed by atoms with Gasteiger partial charge in [-0.2, -0.15) is 0 Å². The van der Waals surface area contributed by atoms with Crippen LogP contribution in [0.2, 0.25) is 0 Å². The highest BCUT2D eigenvalue weighted by atomic mass is 35.5. The predicted molar refractivity (Wildman–Crippen MR) is 93.4 cm³/mol. The van der Waals surface area contributed by atoms with Gasteiger partial charge >= 0.3 is 0 Å². The molecule has 1 heterocycles. The number of halogens is 1. The predicted octanol–water partition coefficient (Wildman–Crippen LogP) is 3.09. The molecule has 126 valence electrons. The lowest BCUT2D eigenvalue weighted by Gasteiger charge is -2.33. The number of benzene rings is 1. The smallest absolute Gasteiger partial charge is 0.166 e. The highest BCUT2D eigenvalue weighted by Crippen LogP contribution is 2.33. The summed E-state index contributed by atoms with van der Waals surface area (Å²) in [7, 11) is 3.75. The summed E-state index contributed by atoms with van der Waals surface area (Å²) < 4.78 is 11.5. The summed E-state index contributed by atoms with van der Waals surface area (Å²) in [5.74, 6) is 1.71. The molecule has 1 aromatic carbocycles. The Bertz CT molecular complexity index is 454. The van der Waals surface area contributed by atoms with E-state index in [1.165, 1.54) is 18.4 Å². The van der Waals surface area contributed by atoms with Gasteiger partial charge in [0.1, 0.15) is 0 Å². The number of likely N-dealkylation sites (N-methyl/N-ethyl adjacent to an activating group) is 1. The highest BCUT2D eigenvalue weighted by molar-refractivity contribution is 5.85. The van der Waals surface area contributed by atoms with Gasteiger partial charge in [0.2, 0.25) is 0 Å². The Kier molecular flexibility index (Phi) is 8.01.